The van der Waals surface area contributed by atoms with Gasteiger partial charge in [-0.2, -0.15) is 0 Å². The van der Waals surface area contributed by atoms with Gasteiger partial charge in [-0.3, -0.25) is 4.79 Å². The fraction of sp³-hybridized carbons (Fsp3) is 0.444. The van der Waals surface area contributed by atoms with Crippen LogP contribution in [0.1, 0.15) is 27.7 Å². The van der Waals surface area contributed by atoms with E-state index in [-0.39, 0.29) is 12.5 Å². The number of nitrogens with zero attached hydrogens (tertiary/aromatic N) is 2. The van der Waals surface area contributed by atoms with Gasteiger partial charge in [0, 0.05) is 17.8 Å². The average molecular weight is 364 g/mol. The van der Waals surface area contributed by atoms with Crippen LogP contribution in [0.2, 0.25) is 0 Å². The highest BCUT2D eigenvalue weighted by molar-refractivity contribution is 8.00. The van der Waals surface area contributed by atoms with Crippen molar-refractivity contribution in [3.8, 4) is 0 Å². The van der Waals surface area contributed by atoms with E-state index >= 15 is 0 Å². The third-order valence-electron chi connectivity index (χ3n) is 3.33. The van der Waals surface area contributed by atoms with Gasteiger partial charge in [0.15, 0.2) is 0 Å². The molecule has 0 aliphatic heterocycles. The number of anilines is 1. The van der Waals surface area contributed by atoms with Gasteiger partial charge in [0.2, 0.25) is 0 Å². The molecule has 0 saturated carbocycles. The topological polar surface area (TPSA) is 60.8 Å². The number of para-hydroxylation sites is 1. The third kappa shape index (κ3) is 4.69. The zero-order chi connectivity index (χ0) is 18.6. The summed E-state index contributed by atoms with van der Waals surface area (Å²) in [6.07, 6.45) is 3.14. The van der Waals surface area contributed by atoms with E-state index in [1.165, 1.54) is 16.3 Å². The van der Waals surface area contributed by atoms with Gasteiger partial charge in [0.1, 0.15) is 12.1 Å². The standard InChI is InChI=1S/C18H24N2O4S/c1-6-23-16(21)12-19-11-15(13-9-7-8-10-14(13)19)20(25-5)17(22)24-18(2,3)4/h7-11H,6,12H2,1-5H3. The number of rotatable bonds is 5. The van der Waals surface area contributed by atoms with Crippen LogP contribution in [0.5, 0.6) is 0 Å². The first-order chi connectivity index (χ1) is 11.8. The van der Waals surface area contributed by atoms with Gasteiger partial charge in [-0.15, -0.1) is 0 Å². The molecule has 1 aromatic heterocycles. The second-order valence-corrected chi connectivity index (χ2v) is 7.15. The molecular formula is C18H24N2O4S. The Kier molecular flexibility index (Phi) is 6.00. The van der Waals surface area contributed by atoms with Crippen LogP contribution in [0.3, 0.4) is 0 Å². The Bertz CT molecular complexity index is 764. The molecule has 6 nitrogen and oxygen atoms in total. The van der Waals surface area contributed by atoms with Gasteiger partial charge in [0.05, 0.1) is 17.8 Å². The first kappa shape index (κ1) is 19.2. The van der Waals surface area contributed by atoms with Gasteiger partial charge in [-0.25, -0.2) is 9.10 Å². The minimum absolute atomic E-state index is 0.0882. The Labute approximate surface area is 152 Å². The Morgan fingerprint density at radius 1 is 1.24 bits per heavy atom. The molecule has 1 heterocycles. The SMILES string of the molecule is CCOC(=O)Cn1cc(N(SC)C(=O)OC(C)(C)C)c2ccccc21. The fourth-order valence-corrected chi connectivity index (χ4v) is 2.97. The molecule has 1 amide bonds. The van der Waals surface area contributed by atoms with E-state index in [9.17, 15) is 9.59 Å². The van der Waals surface area contributed by atoms with Crippen molar-refractivity contribution in [2.75, 3.05) is 17.2 Å². The summed E-state index contributed by atoms with van der Waals surface area (Å²) >= 11 is 1.26. The quantitative estimate of drug-likeness (QED) is 0.587. The highest BCUT2D eigenvalue weighted by Crippen LogP contribution is 2.33. The maximum atomic E-state index is 12.5. The number of esters is 1. The number of fused-ring (bicyclic) bond motifs is 1. The number of ether oxygens (including phenoxy) is 2. The second-order valence-electron chi connectivity index (χ2n) is 6.42. The summed E-state index contributed by atoms with van der Waals surface area (Å²) in [7, 11) is 0. The lowest BCUT2D eigenvalue weighted by Crippen LogP contribution is -2.32. The minimum atomic E-state index is -0.589. The molecule has 1 aromatic carbocycles. The van der Waals surface area contributed by atoms with Crippen molar-refractivity contribution in [2.24, 2.45) is 0 Å². The van der Waals surface area contributed by atoms with E-state index in [2.05, 4.69) is 0 Å². The van der Waals surface area contributed by atoms with E-state index in [4.69, 9.17) is 9.47 Å². The van der Waals surface area contributed by atoms with Gasteiger partial charge in [-0.1, -0.05) is 18.2 Å². The van der Waals surface area contributed by atoms with Crippen molar-refractivity contribution in [2.45, 2.75) is 39.8 Å². The maximum absolute atomic E-state index is 12.5. The third-order valence-corrected chi connectivity index (χ3v) is 4.04. The van der Waals surface area contributed by atoms with E-state index in [0.717, 1.165) is 10.9 Å². The number of benzene rings is 1. The summed E-state index contributed by atoms with van der Waals surface area (Å²) in [5, 5.41) is 0.868. The molecule has 0 N–H and O–H groups in total. The first-order valence-corrected chi connectivity index (χ1v) is 9.25. The van der Waals surface area contributed by atoms with Gasteiger partial charge < -0.3 is 14.0 Å². The number of aromatic nitrogens is 1. The largest absolute Gasteiger partial charge is 0.465 e. The number of carbonyl (C=O) groups is 2. The summed E-state index contributed by atoms with van der Waals surface area (Å²) in [6.45, 7) is 7.67. The van der Waals surface area contributed by atoms with E-state index in [1.807, 2.05) is 45.0 Å². The lowest BCUT2D eigenvalue weighted by atomic mass is 10.2. The lowest BCUT2D eigenvalue weighted by molar-refractivity contribution is -0.143. The molecule has 0 unspecified atom stereocenters. The van der Waals surface area contributed by atoms with Crippen LogP contribution in [0, 0.1) is 0 Å². The molecular weight excluding hydrogens is 340 g/mol. The zero-order valence-corrected chi connectivity index (χ0v) is 16.1. The van der Waals surface area contributed by atoms with Crippen LogP contribution in [0.25, 0.3) is 10.9 Å². The number of hydrogen-bond donors (Lipinski definition) is 0. The molecule has 25 heavy (non-hydrogen) atoms. The lowest BCUT2D eigenvalue weighted by Gasteiger charge is -2.25. The van der Waals surface area contributed by atoms with Crippen molar-refractivity contribution in [1.29, 1.82) is 0 Å². The molecule has 0 aliphatic rings. The summed E-state index contributed by atoms with van der Waals surface area (Å²) in [5.74, 6) is -0.317. The molecule has 0 atom stereocenters. The van der Waals surface area contributed by atoms with Gasteiger partial charge in [0.25, 0.3) is 0 Å². The predicted octanol–water partition coefficient (Wildman–Crippen LogP) is 4.22. The highest BCUT2D eigenvalue weighted by atomic mass is 32.2. The summed E-state index contributed by atoms with van der Waals surface area (Å²) in [4.78, 5) is 24.4. The van der Waals surface area contributed by atoms with Crippen LogP contribution in [-0.4, -0.2) is 35.1 Å². The molecule has 0 spiro atoms. The number of carbonyl (C=O) groups excluding carboxylic acids is 2. The minimum Gasteiger partial charge on any atom is -0.465 e. The van der Waals surface area contributed by atoms with Gasteiger partial charge in [-0.05, 0) is 45.7 Å². The van der Waals surface area contributed by atoms with Crippen LogP contribution < -0.4 is 4.31 Å². The van der Waals surface area contributed by atoms with Crippen molar-refractivity contribution in [1.82, 2.24) is 4.57 Å². The molecule has 0 radical (unpaired) electrons. The molecule has 136 valence electrons. The van der Waals surface area contributed by atoms with E-state index in [0.29, 0.717) is 12.3 Å². The summed E-state index contributed by atoms with van der Waals surface area (Å²) < 4.78 is 13.8. The molecule has 0 fully saturated rings. The van der Waals surface area contributed by atoms with Gasteiger partial charge >= 0.3 is 12.1 Å². The molecule has 0 bridgehead atoms. The van der Waals surface area contributed by atoms with Crippen molar-refractivity contribution in [3.63, 3.8) is 0 Å². The molecule has 2 rings (SSSR count). The van der Waals surface area contributed by atoms with Crippen molar-refractivity contribution >= 4 is 40.6 Å². The van der Waals surface area contributed by atoms with E-state index < -0.39 is 11.7 Å². The normalized spacial score (nSPS) is 11.4. The Balaban J connectivity index is 2.42. The van der Waals surface area contributed by atoms with Crippen LogP contribution in [0.15, 0.2) is 30.5 Å². The maximum Gasteiger partial charge on any atom is 0.425 e. The summed E-state index contributed by atoms with van der Waals surface area (Å²) in [5.41, 5.74) is 0.948. The number of hydrogen-bond acceptors (Lipinski definition) is 5. The van der Waals surface area contributed by atoms with Crippen LogP contribution in [0.4, 0.5) is 10.5 Å². The van der Waals surface area contributed by atoms with Crippen molar-refractivity contribution in [3.05, 3.63) is 30.5 Å². The van der Waals surface area contributed by atoms with Crippen LogP contribution in [-0.2, 0) is 20.8 Å². The average Bonchev–Trinajstić information content (AvgIpc) is 2.85. The Morgan fingerprint density at radius 2 is 1.92 bits per heavy atom. The fourth-order valence-electron chi connectivity index (χ4n) is 2.44. The molecule has 0 aliphatic carbocycles. The second kappa shape index (κ2) is 7.82. The van der Waals surface area contributed by atoms with E-state index in [1.54, 1.807) is 23.9 Å². The predicted molar refractivity (Wildman–Crippen MR) is 101 cm³/mol. The smallest absolute Gasteiger partial charge is 0.425 e. The molecule has 2 aromatic rings. The first-order valence-electron chi connectivity index (χ1n) is 8.07. The van der Waals surface area contributed by atoms with Crippen LogP contribution >= 0.6 is 11.9 Å². The molecule has 0 saturated heterocycles. The highest BCUT2D eigenvalue weighted by Gasteiger charge is 2.26. The monoisotopic (exact) mass is 364 g/mol. The zero-order valence-electron chi connectivity index (χ0n) is 15.2. The van der Waals surface area contributed by atoms with Crippen molar-refractivity contribution < 1.29 is 19.1 Å². The number of amides is 1. The Hall–Kier alpha value is -2.15. The summed E-state index contributed by atoms with van der Waals surface area (Å²) in [6, 6.07) is 7.62. The molecule has 7 heteroatoms. The Morgan fingerprint density at radius 3 is 2.52 bits per heavy atom.